The summed E-state index contributed by atoms with van der Waals surface area (Å²) < 4.78 is 44.1. The van der Waals surface area contributed by atoms with E-state index in [4.69, 9.17) is 4.74 Å². The van der Waals surface area contributed by atoms with Gasteiger partial charge >= 0.3 is 6.03 Å². The highest BCUT2D eigenvalue weighted by Gasteiger charge is 2.53. The zero-order valence-electron chi connectivity index (χ0n) is 15.2. The minimum Gasteiger partial charge on any atom is -0.380 e. The number of nitrogens with one attached hydrogen (secondary N) is 1. The van der Waals surface area contributed by atoms with Gasteiger partial charge < -0.3 is 15.0 Å². The Kier molecular flexibility index (Phi) is 4.62. The zero-order chi connectivity index (χ0) is 19.2. The maximum absolute atomic E-state index is 14.2. The van der Waals surface area contributed by atoms with Gasteiger partial charge in [0.05, 0.1) is 22.8 Å². The fourth-order valence-corrected chi connectivity index (χ4v) is 6.94. The molecule has 9 heteroatoms. The number of ether oxygens (including phenoxy) is 1. The predicted octanol–water partition coefficient (Wildman–Crippen LogP) is 1.10. The number of hydrogen-bond acceptors (Lipinski definition) is 5. The molecule has 7 nitrogen and oxygen atoms in total. The second-order valence-corrected chi connectivity index (χ2v) is 10.1. The third-order valence-electron chi connectivity index (χ3n) is 6.38. The first-order valence-corrected chi connectivity index (χ1v) is 11.0. The highest BCUT2D eigenvalue weighted by molar-refractivity contribution is 7.92. The van der Waals surface area contributed by atoms with Crippen molar-refractivity contribution in [2.45, 2.75) is 36.0 Å². The molecule has 1 N–H and O–H groups in total. The maximum atomic E-state index is 14.2. The standard InChI is InChI=1S/C18H24FN3O4S/c1-26-14-10-27(24,25)15-9-22(8-12(14)15)17(23)21-11-18(5-3-6-18)16-13(19)4-2-7-20-16/h2,4,7,12,14-15H,3,5-6,8-11H2,1H3,(H,21,23)/t12-,14+,15-/m0/s1. The van der Waals surface area contributed by atoms with Gasteiger partial charge in [0.2, 0.25) is 0 Å². The number of amides is 2. The van der Waals surface area contributed by atoms with Crippen molar-refractivity contribution in [1.82, 2.24) is 15.2 Å². The molecule has 2 amide bonds. The van der Waals surface area contributed by atoms with Gasteiger partial charge in [-0.25, -0.2) is 17.6 Å². The van der Waals surface area contributed by atoms with E-state index in [9.17, 15) is 17.6 Å². The lowest BCUT2D eigenvalue weighted by molar-refractivity contribution is 0.0820. The summed E-state index contributed by atoms with van der Waals surface area (Å²) in [5.74, 6) is -0.510. The summed E-state index contributed by atoms with van der Waals surface area (Å²) in [7, 11) is -1.74. The van der Waals surface area contributed by atoms with E-state index in [1.807, 2.05) is 0 Å². The van der Waals surface area contributed by atoms with Gasteiger partial charge in [0.15, 0.2) is 9.84 Å². The highest BCUT2D eigenvalue weighted by Crippen LogP contribution is 2.43. The Hall–Kier alpha value is -1.74. The molecule has 0 spiro atoms. The largest absolute Gasteiger partial charge is 0.380 e. The molecular weight excluding hydrogens is 373 g/mol. The van der Waals surface area contributed by atoms with Crippen molar-refractivity contribution >= 4 is 15.9 Å². The Labute approximate surface area is 158 Å². The number of carbonyl (C=O) groups is 1. The van der Waals surface area contributed by atoms with Crippen molar-refractivity contribution < 1.29 is 22.3 Å². The molecule has 2 saturated heterocycles. The Morgan fingerprint density at radius 3 is 2.85 bits per heavy atom. The molecule has 4 rings (SSSR count). The number of methoxy groups -OCH3 is 1. The molecule has 3 fully saturated rings. The van der Waals surface area contributed by atoms with Crippen LogP contribution in [-0.2, 0) is 20.0 Å². The van der Waals surface area contributed by atoms with Crippen molar-refractivity contribution in [3.05, 3.63) is 29.8 Å². The van der Waals surface area contributed by atoms with Crippen LogP contribution in [-0.4, -0.2) is 68.2 Å². The Bertz CT molecular complexity index is 843. The van der Waals surface area contributed by atoms with Crippen LogP contribution < -0.4 is 5.32 Å². The number of carbonyl (C=O) groups excluding carboxylic acids is 1. The second-order valence-electron chi connectivity index (χ2n) is 7.84. The van der Waals surface area contributed by atoms with E-state index in [1.54, 1.807) is 17.2 Å². The third-order valence-corrected chi connectivity index (χ3v) is 8.60. The lowest BCUT2D eigenvalue weighted by Gasteiger charge is -2.41. The van der Waals surface area contributed by atoms with Gasteiger partial charge in [-0.1, -0.05) is 6.42 Å². The minimum absolute atomic E-state index is 0.0242. The predicted molar refractivity (Wildman–Crippen MR) is 96.6 cm³/mol. The van der Waals surface area contributed by atoms with Crippen LogP contribution in [0.5, 0.6) is 0 Å². The molecule has 0 aromatic carbocycles. The molecular formula is C18H24FN3O4S. The van der Waals surface area contributed by atoms with Crippen molar-refractivity contribution in [1.29, 1.82) is 0 Å². The molecule has 1 aromatic rings. The third kappa shape index (κ3) is 3.10. The van der Waals surface area contributed by atoms with Crippen LogP contribution in [0.1, 0.15) is 25.0 Å². The fourth-order valence-electron chi connectivity index (χ4n) is 4.65. The molecule has 0 unspecified atom stereocenters. The first kappa shape index (κ1) is 18.6. The summed E-state index contributed by atoms with van der Waals surface area (Å²) in [4.78, 5) is 18.4. The Morgan fingerprint density at radius 1 is 1.44 bits per heavy atom. The monoisotopic (exact) mass is 397 g/mol. The van der Waals surface area contributed by atoms with Gasteiger partial charge in [0, 0.05) is 44.3 Å². The zero-order valence-corrected chi connectivity index (χ0v) is 16.0. The number of hydrogen-bond donors (Lipinski definition) is 1. The molecule has 3 heterocycles. The SMILES string of the molecule is CO[C@@H]1CS(=O)(=O)[C@H]2CN(C(=O)NCC3(c4ncccc4F)CCC3)C[C@@H]12. The molecule has 1 saturated carbocycles. The van der Waals surface area contributed by atoms with Crippen LogP contribution in [0.15, 0.2) is 18.3 Å². The van der Waals surface area contributed by atoms with Gasteiger partial charge in [-0.15, -0.1) is 0 Å². The number of fused-ring (bicyclic) bond motifs is 1. The lowest BCUT2D eigenvalue weighted by Crippen LogP contribution is -2.50. The smallest absolute Gasteiger partial charge is 0.317 e. The van der Waals surface area contributed by atoms with Crippen molar-refractivity contribution in [3.8, 4) is 0 Å². The molecule has 3 atom stereocenters. The number of aromatic nitrogens is 1. The van der Waals surface area contributed by atoms with E-state index in [2.05, 4.69) is 10.3 Å². The molecule has 1 aliphatic carbocycles. The Morgan fingerprint density at radius 2 is 2.22 bits per heavy atom. The molecule has 1 aromatic heterocycles. The quantitative estimate of drug-likeness (QED) is 0.822. The van der Waals surface area contributed by atoms with Crippen molar-refractivity contribution in [2.24, 2.45) is 5.92 Å². The summed E-state index contributed by atoms with van der Waals surface area (Å²) in [5, 5.41) is 2.33. The summed E-state index contributed by atoms with van der Waals surface area (Å²) >= 11 is 0. The molecule has 2 aliphatic heterocycles. The number of halogens is 1. The fraction of sp³-hybridized carbons (Fsp3) is 0.667. The Balaban J connectivity index is 1.43. The molecule has 148 valence electrons. The number of likely N-dealkylation sites (tertiary alicyclic amines) is 1. The van der Waals surface area contributed by atoms with Crippen LogP contribution in [0.3, 0.4) is 0 Å². The molecule has 0 bridgehead atoms. The van der Waals surface area contributed by atoms with E-state index < -0.39 is 20.5 Å². The van der Waals surface area contributed by atoms with E-state index >= 15 is 0 Å². The van der Waals surface area contributed by atoms with Crippen LogP contribution in [0.2, 0.25) is 0 Å². The van der Waals surface area contributed by atoms with Crippen molar-refractivity contribution in [2.75, 3.05) is 32.5 Å². The minimum atomic E-state index is -3.24. The van der Waals surface area contributed by atoms with E-state index in [0.29, 0.717) is 18.8 Å². The van der Waals surface area contributed by atoms with Crippen LogP contribution >= 0.6 is 0 Å². The topological polar surface area (TPSA) is 88.6 Å². The molecule has 27 heavy (non-hydrogen) atoms. The summed E-state index contributed by atoms with van der Waals surface area (Å²) in [5.41, 5.74) is -0.0746. The molecule has 0 radical (unpaired) electrons. The first-order valence-electron chi connectivity index (χ1n) is 9.24. The van der Waals surface area contributed by atoms with E-state index in [-0.39, 0.29) is 36.2 Å². The summed E-state index contributed by atoms with van der Waals surface area (Å²) in [6, 6.07) is 2.64. The second kappa shape index (κ2) is 6.70. The highest BCUT2D eigenvalue weighted by atomic mass is 32.2. The summed E-state index contributed by atoms with van der Waals surface area (Å²) in [6.07, 6.45) is 3.71. The van der Waals surface area contributed by atoms with Crippen molar-refractivity contribution in [3.63, 3.8) is 0 Å². The average Bonchev–Trinajstić information content (AvgIpc) is 3.15. The van der Waals surface area contributed by atoms with E-state index in [0.717, 1.165) is 19.3 Å². The number of pyridine rings is 1. The number of sulfone groups is 1. The number of nitrogens with zero attached hydrogens (tertiary/aromatic N) is 2. The van der Waals surface area contributed by atoms with Gasteiger partial charge in [-0.05, 0) is 25.0 Å². The van der Waals surface area contributed by atoms with Gasteiger partial charge in [0.1, 0.15) is 5.82 Å². The van der Waals surface area contributed by atoms with Crippen LogP contribution in [0.4, 0.5) is 9.18 Å². The van der Waals surface area contributed by atoms with E-state index in [1.165, 1.54) is 13.2 Å². The number of urea groups is 1. The number of rotatable bonds is 4. The normalized spacial score (nSPS) is 30.6. The van der Waals surface area contributed by atoms with Crippen LogP contribution in [0, 0.1) is 11.7 Å². The van der Waals surface area contributed by atoms with Crippen LogP contribution in [0.25, 0.3) is 0 Å². The summed E-state index contributed by atoms with van der Waals surface area (Å²) in [6.45, 7) is 0.842. The van der Waals surface area contributed by atoms with Gasteiger partial charge in [0.25, 0.3) is 0 Å². The lowest BCUT2D eigenvalue weighted by atomic mass is 9.66. The maximum Gasteiger partial charge on any atom is 0.317 e. The van der Waals surface area contributed by atoms with Gasteiger partial charge in [-0.2, -0.15) is 0 Å². The first-order chi connectivity index (χ1) is 12.9. The average molecular weight is 397 g/mol. The van der Waals surface area contributed by atoms with Gasteiger partial charge in [-0.3, -0.25) is 4.98 Å². The molecule has 3 aliphatic rings.